The van der Waals surface area contributed by atoms with Crippen molar-refractivity contribution in [2.75, 3.05) is 6.54 Å². The number of ether oxygens (including phenoxy) is 1. The monoisotopic (exact) mass is 482 g/mol. The molecule has 3 heterocycles. The fourth-order valence-corrected chi connectivity index (χ4v) is 9.58. The molecule has 36 heavy (non-hydrogen) atoms. The lowest BCUT2D eigenvalue weighted by Gasteiger charge is -2.55. The number of nitrogens with zero attached hydrogens (tertiary/aromatic N) is 2. The molecule has 5 aliphatic rings. The van der Waals surface area contributed by atoms with Gasteiger partial charge < -0.3 is 4.74 Å². The summed E-state index contributed by atoms with van der Waals surface area (Å²) in [6.07, 6.45) is 19.0. The van der Waals surface area contributed by atoms with Gasteiger partial charge in [0.25, 0.3) is 0 Å². The molecule has 6 atom stereocenters. The zero-order valence-electron chi connectivity index (χ0n) is 22.6. The third-order valence-electron chi connectivity index (χ3n) is 11.2. The Kier molecular flexibility index (Phi) is 5.16. The van der Waals surface area contributed by atoms with Gasteiger partial charge in [0.2, 0.25) is 0 Å². The Morgan fingerprint density at radius 2 is 2.00 bits per heavy atom. The minimum Gasteiger partial charge on any atom is -0.359 e. The van der Waals surface area contributed by atoms with Crippen LogP contribution in [0.15, 0.2) is 60.0 Å². The van der Waals surface area contributed by atoms with E-state index in [9.17, 15) is 0 Å². The van der Waals surface area contributed by atoms with E-state index in [1.54, 1.807) is 5.57 Å². The number of aromatic nitrogens is 1. The van der Waals surface area contributed by atoms with Crippen molar-refractivity contribution in [2.24, 2.45) is 11.3 Å². The molecule has 3 heteroatoms. The summed E-state index contributed by atoms with van der Waals surface area (Å²) in [6.45, 7) is 10.8. The van der Waals surface area contributed by atoms with Crippen LogP contribution in [0.1, 0.15) is 90.5 Å². The first-order chi connectivity index (χ1) is 17.4. The van der Waals surface area contributed by atoms with Crippen LogP contribution in [0, 0.1) is 11.3 Å². The van der Waals surface area contributed by atoms with E-state index in [2.05, 4.69) is 74.0 Å². The molecule has 3 fully saturated rings. The maximum Gasteiger partial charge on any atom is 0.0974 e. The molecule has 1 saturated heterocycles. The lowest BCUT2D eigenvalue weighted by molar-refractivity contribution is -0.141. The number of benzene rings is 1. The van der Waals surface area contributed by atoms with Gasteiger partial charge in [0.05, 0.1) is 11.2 Å². The van der Waals surface area contributed by atoms with Gasteiger partial charge in [0, 0.05) is 29.9 Å². The lowest BCUT2D eigenvalue weighted by atomic mass is 9.58. The minimum atomic E-state index is -0.0690. The van der Waals surface area contributed by atoms with E-state index in [-0.39, 0.29) is 16.6 Å². The van der Waals surface area contributed by atoms with Gasteiger partial charge in [-0.15, -0.1) is 0 Å². The predicted molar refractivity (Wildman–Crippen MR) is 147 cm³/mol. The highest BCUT2D eigenvalue weighted by atomic mass is 16.5. The van der Waals surface area contributed by atoms with Crippen molar-refractivity contribution in [3.05, 3.63) is 65.5 Å². The van der Waals surface area contributed by atoms with E-state index >= 15 is 0 Å². The molecule has 2 aromatic rings. The molecule has 3 nitrogen and oxygen atoms in total. The maximum atomic E-state index is 7.55. The van der Waals surface area contributed by atoms with Gasteiger partial charge in [-0.1, -0.05) is 38.1 Å². The first-order valence-electron chi connectivity index (χ1n) is 14.6. The van der Waals surface area contributed by atoms with Crippen LogP contribution in [0.4, 0.5) is 0 Å². The molecule has 2 spiro atoms. The normalized spacial score (nSPS) is 39.1. The van der Waals surface area contributed by atoms with Gasteiger partial charge in [-0.05, 0) is 123 Å². The van der Waals surface area contributed by atoms with Crippen molar-refractivity contribution in [1.29, 1.82) is 0 Å². The highest BCUT2D eigenvalue weighted by Crippen LogP contribution is 2.69. The molecule has 0 amide bonds. The quantitative estimate of drug-likeness (QED) is 0.449. The Labute approximate surface area is 217 Å². The number of fused-ring (bicyclic) bond motifs is 2. The van der Waals surface area contributed by atoms with Crippen LogP contribution < -0.4 is 0 Å². The van der Waals surface area contributed by atoms with Crippen LogP contribution >= 0.6 is 0 Å². The molecule has 2 bridgehead atoms. The summed E-state index contributed by atoms with van der Waals surface area (Å²) in [6, 6.07) is 10.5. The minimum absolute atomic E-state index is 0.0203. The van der Waals surface area contributed by atoms with Gasteiger partial charge in [-0.2, -0.15) is 0 Å². The topological polar surface area (TPSA) is 25.4 Å². The highest BCUT2D eigenvalue weighted by molar-refractivity contribution is 5.82. The Balaban J connectivity index is 1.24. The third-order valence-corrected chi connectivity index (χ3v) is 11.2. The van der Waals surface area contributed by atoms with Crippen LogP contribution in [-0.4, -0.2) is 39.7 Å². The fourth-order valence-electron chi connectivity index (χ4n) is 9.58. The van der Waals surface area contributed by atoms with Crippen molar-refractivity contribution >= 4 is 10.8 Å². The van der Waals surface area contributed by atoms with Gasteiger partial charge in [0.15, 0.2) is 0 Å². The second-order valence-electron chi connectivity index (χ2n) is 13.0. The van der Waals surface area contributed by atoms with E-state index < -0.39 is 0 Å². The average Bonchev–Trinajstić information content (AvgIpc) is 3.39. The molecular weight excluding hydrogens is 440 g/mol. The van der Waals surface area contributed by atoms with Gasteiger partial charge in [-0.25, -0.2) is 0 Å². The molecule has 3 unspecified atom stereocenters. The van der Waals surface area contributed by atoms with E-state index in [4.69, 9.17) is 4.74 Å². The van der Waals surface area contributed by atoms with Crippen LogP contribution in [0.3, 0.4) is 0 Å². The Morgan fingerprint density at radius 3 is 2.83 bits per heavy atom. The molecule has 0 N–H and O–H groups in total. The number of allylic oxidation sites excluding steroid dienone is 1. The molecule has 2 saturated carbocycles. The largest absolute Gasteiger partial charge is 0.359 e. The van der Waals surface area contributed by atoms with Gasteiger partial charge in [-0.3, -0.25) is 9.88 Å². The van der Waals surface area contributed by atoms with E-state index in [1.165, 1.54) is 73.3 Å². The first kappa shape index (κ1) is 23.2. The maximum absolute atomic E-state index is 7.55. The number of hydrogen-bond acceptors (Lipinski definition) is 3. The van der Waals surface area contributed by atoms with E-state index in [1.807, 2.05) is 12.4 Å². The molecule has 1 aromatic carbocycles. The molecule has 190 valence electrons. The van der Waals surface area contributed by atoms with E-state index in [0.717, 1.165) is 6.54 Å². The SMILES string of the molecule is CCN(C(C)C)C1CCC2=CC3=CCC4(C)C(c5ccc6ccncc6c5)CC[C@H]4[C@@]34CC[C@]2(C1)O4. The molecular formula is C33H42N2O. The smallest absolute Gasteiger partial charge is 0.0974 e. The molecule has 7 rings (SSSR count). The Hall–Kier alpha value is -1.97. The van der Waals surface area contributed by atoms with Crippen LogP contribution in [0.5, 0.6) is 0 Å². The summed E-state index contributed by atoms with van der Waals surface area (Å²) in [4.78, 5) is 7.12. The number of pyridine rings is 1. The van der Waals surface area contributed by atoms with Gasteiger partial charge in [0.1, 0.15) is 0 Å². The lowest BCUT2D eigenvalue weighted by Crippen LogP contribution is -2.56. The fraction of sp³-hybridized carbons (Fsp3) is 0.606. The third kappa shape index (κ3) is 3.08. The molecule has 2 aliphatic heterocycles. The summed E-state index contributed by atoms with van der Waals surface area (Å²) in [5, 5.41) is 2.56. The van der Waals surface area contributed by atoms with Gasteiger partial charge >= 0.3 is 0 Å². The summed E-state index contributed by atoms with van der Waals surface area (Å²) in [5.74, 6) is 1.19. The van der Waals surface area contributed by atoms with Crippen LogP contribution in [0.2, 0.25) is 0 Å². The number of hydrogen-bond donors (Lipinski definition) is 0. The van der Waals surface area contributed by atoms with Crippen molar-refractivity contribution in [1.82, 2.24) is 9.88 Å². The van der Waals surface area contributed by atoms with Crippen molar-refractivity contribution in [2.45, 2.75) is 108 Å². The van der Waals surface area contributed by atoms with Crippen molar-refractivity contribution in [3.8, 4) is 0 Å². The zero-order valence-corrected chi connectivity index (χ0v) is 22.6. The van der Waals surface area contributed by atoms with Crippen LogP contribution in [0.25, 0.3) is 10.8 Å². The Morgan fingerprint density at radius 1 is 1.11 bits per heavy atom. The average molecular weight is 483 g/mol. The van der Waals surface area contributed by atoms with E-state index in [0.29, 0.717) is 23.9 Å². The second-order valence-corrected chi connectivity index (χ2v) is 13.0. The predicted octanol–water partition coefficient (Wildman–Crippen LogP) is 7.58. The van der Waals surface area contributed by atoms with Crippen LogP contribution in [-0.2, 0) is 4.74 Å². The molecule has 3 aliphatic carbocycles. The summed E-state index contributed by atoms with van der Waals surface area (Å²) < 4.78 is 7.55. The highest BCUT2D eigenvalue weighted by Gasteiger charge is 2.66. The zero-order chi connectivity index (χ0) is 24.7. The summed E-state index contributed by atoms with van der Waals surface area (Å²) in [7, 11) is 0. The standard InChI is InChI=1S/C33H42N2O/c1-5-35(22(2)3)28-9-8-26-19-27-12-14-31(4)29(24-7-6-23-13-17-34-21-25(23)18-24)10-11-30(31)33(27)16-15-32(26,20-28)36-33/h6-7,12-13,17-19,21-22,28-30H,5,8-11,14-16,20H2,1-4H3/t28?,29?,30-,31?,32-,33-/m1/s1. The second kappa shape index (κ2) is 8.01. The van der Waals surface area contributed by atoms with Crippen molar-refractivity contribution in [3.63, 3.8) is 0 Å². The molecule has 0 radical (unpaired) electrons. The van der Waals surface area contributed by atoms with Crippen molar-refractivity contribution < 1.29 is 4.74 Å². The number of rotatable bonds is 4. The Bertz CT molecular complexity index is 1260. The summed E-state index contributed by atoms with van der Waals surface area (Å²) >= 11 is 0. The molecule has 1 aromatic heterocycles. The first-order valence-corrected chi connectivity index (χ1v) is 14.6. The summed E-state index contributed by atoms with van der Waals surface area (Å²) in [5.41, 5.74) is 4.80.